The average molecular weight is 375 g/mol. The Balaban J connectivity index is 1.35. The van der Waals surface area contributed by atoms with Crippen molar-refractivity contribution in [3.05, 3.63) is 65.5 Å². The number of hydrogen-bond donors (Lipinski definition) is 1. The molecular weight excluding hydrogens is 350 g/mol. The Bertz CT molecular complexity index is 969. The molecule has 0 bridgehead atoms. The molecule has 5 heteroatoms. The molecule has 3 aromatic rings. The highest BCUT2D eigenvalue weighted by Gasteiger charge is 2.25. The fourth-order valence-electron chi connectivity index (χ4n) is 3.91. The van der Waals surface area contributed by atoms with Gasteiger partial charge in [-0.25, -0.2) is 9.97 Å². The molecule has 1 aromatic heterocycles. The Morgan fingerprint density at radius 1 is 0.964 bits per heavy atom. The van der Waals surface area contributed by atoms with Gasteiger partial charge in [-0.2, -0.15) is 0 Å². The highest BCUT2D eigenvalue weighted by atomic mass is 16.5. The minimum Gasteiger partial charge on any atom is -0.460 e. The van der Waals surface area contributed by atoms with Gasteiger partial charge in [0.2, 0.25) is 0 Å². The van der Waals surface area contributed by atoms with E-state index in [4.69, 9.17) is 4.74 Å². The molecule has 5 nitrogen and oxygen atoms in total. The van der Waals surface area contributed by atoms with Crippen LogP contribution in [0.3, 0.4) is 0 Å². The summed E-state index contributed by atoms with van der Waals surface area (Å²) in [6.45, 7) is 3.89. The van der Waals surface area contributed by atoms with E-state index < -0.39 is 0 Å². The minimum absolute atomic E-state index is 0.00110. The molecule has 2 aromatic carbocycles. The molecule has 28 heavy (non-hydrogen) atoms. The van der Waals surface area contributed by atoms with Crippen LogP contribution in [0.4, 0.5) is 0 Å². The summed E-state index contributed by atoms with van der Waals surface area (Å²) >= 11 is 0. The number of carbonyl (C=O) groups is 1. The monoisotopic (exact) mass is 375 g/mol. The van der Waals surface area contributed by atoms with Gasteiger partial charge in [0, 0.05) is 23.0 Å². The summed E-state index contributed by atoms with van der Waals surface area (Å²) in [5.74, 6) is -0.00110. The summed E-state index contributed by atoms with van der Waals surface area (Å²) in [7, 11) is 0. The summed E-state index contributed by atoms with van der Waals surface area (Å²) in [6, 6.07) is 16.4. The third-order valence-electron chi connectivity index (χ3n) is 5.28. The highest BCUT2D eigenvalue weighted by Crippen LogP contribution is 2.24. The number of carbonyl (C=O) groups excluding carboxylic acids is 1. The van der Waals surface area contributed by atoms with Gasteiger partial charge in [-0.1, -0.05) is 36.4 Å². The normalized spacial score (nSPS) is 19.4. The topological polar surface area (TPSA) is 64.1 Å². The van der Waals surface area contributed by atoms with E-state index in [-0.39, 0.29) is 18.1 Å². The summed E-state index contributed by atoms with van der Waals surface area (Å²) in [5.41, 5.74) is 2.57. The standard InChI is InChI=1S/C23H25N3O2/c1-15-14-16(2)25-23(24-15)28-19-12-10-18(11-13-19)26-22(27)21-9-5-7-17-6-3-4-8-20(17)21/h3-9,14,18-19H,10-13H2,1-2H3,(H,26,27). The molecule has 0 saturated heterocycles. The van der Waals surface area contributed by atoms with E-state index in [0.29, 0.717) is 6.01 Å². The molecule has 0 unspecified atom stereocenters. The van der Waals surface area contributed by atoms with Crippen LogP contribution < -0.4 is 10.1 Å². The van der Waals surface area contributed by atoms with Crippen molar-refractivity contribution >= 4 is 16.7 Å². The summed E-state index contributed by atoms with van der Waals surface area (Å²) < 4.78 is 5.98. The van der Waals surface area contributed by atoms with Crippen molar-refractivity contribution in [3.63, 3.8) is 0 Å². The Labute approximate surface area is 165 Å². The van der Waals surface area contributed by atoms with Crippen LogP contribution in [-0.4, -0.2) is 28.0 Å². The van der Waals surface area contributed by atoms with E-state index in [0.717, 1.165) is 53.4 Å². The number of amides is 1. The zero-order chi connectivity index (χ0) is 19.5. The minimum atomic E-state index is -0.00110. The van der Waals surface area contributed by atoms with Crippen molar-refractivity contribution in [1.29, 1.82) is 0 Å². The molecule has 1 N–H and O–H groups in total. The third kappa shape index (κ3) is 4.14. The zero-order valence-corrected chi connectivity index (χ0v) is 16.3. The van der Waals surface area contributed by atoms with Crippen LogP contribution in [0.25, 0.3) is 10.8 Å². The van der Waals surface area contributed by atoms with E-state index in [2.05, 4.69) is 15.3 Å². The molecule has 1 aliphatic carbocycles. The van der Waals surface area contributed by atoms with Gasteiger partial charge in [-0.05, 0) is 62.4 Å². The molecule has 1 fully saturated rings. The number of fused-ring (bicyclic) bond motifs is 1. The molecule has 1 aliphatic rings. The van der Waals surface area contributed by atoms with Gasteiger partial charge in [-0.3, -0.25) is 4.79 Å². The van der Waals surface area contributed by atoms with E-state index in [1.165, 1.54) is 0 Å². The number of rotatable bonds is 4. The molecule has 0 aliphatic heterocycles. The van der Waals surface area contributed by atoms with Crippen molar-refractivity contribution in [2.45, 2.75) is 51.7 Å². The van der Waals surface area contributed by atoms with Gasteiger partial charge in [0.25, 0.3) is 5.91 Å². The fraction of sp³-hybridized carbons (Fsp3) is 0.348. The number of aromatic nitrogens is 2. The maximum atomic E-state index is 12.8. The quantitative estimate of drug-likeness (QED) is 0.736. The maximum absolute atomic E-state index is 12.8. The molecule has 0 atom stereocenters. The van der Waals surface area contributed by atoms with Gasteiger partial charge in [0.15, 0.2) is 0 Å². The van der Waals surface area contributed by atoms with Crippen molar-refractivity contribution in [2.75, 3.05) is 0 Å². The number of nitrogens with one attached hydrogen (secondary N) is 1. The van der Waals surface area contributed by atoms with E-state index >= 15 is 0 Å². The lowest BCUT2D eigenvalue weighted by atomic mass is 9.92. The number of ether oxygens (including phenoxy) is 1. The van der Waals surface area contributed by atoms with Crippen molar-refractivity contribution in [3.8, 4) is 6.01 Å². The molecule has 1 heterocycles. The molecule has 1 saturated carbocycles. The largest absolute Gasteiger partial charge is 0.460 e. The second-order valence-corrected chi connectivity index (χ2v) is 7.52. The Kier molecular flexibility index (Phi) is 5.24. The lowest BCUT2D eigenvalue weighted by molar-refractivity contribution is 0.0886. The van der Waals surface area contributed by atoms with E-state index in [1.54, 1.807) is 0 Å². The van der Waals surface area contributed by atoms with Crippen LogP contribution in [0.2, 0.25) is 0 Å². The predicted molar refractivity (Wildman–Crippen MR) is 110 cm³/mol. The van der Waals surface area contributed by atoms with Gasteiger partial charge >= 0.3 is 6.01 Å². The van der Waals surface area contributed by atoms with Crippen LogP contribution in [0.1, 0.15) is 47.4 Å². The zero-order valence-electron chi connectivity index (χ0n) is 16.3. The van der Waals surface area contributed by atoms with Crippen molar-refractivity contribution < 1.29 is 9.53 Å². The molecule has 0 radical (unpaired) electrons. The van der Waals surface area contributed by atoms with Crippen LogP contribution in [-0.2, 0) is 0 Å². The highest BCUT2D eigenvalue weighted by molar-refractivity contribution is 6.07. The summed E-state index contributed by atoms with van der Waals surface area (Å²) in [5, 5.41) is 5.28. The summed E-state index contributed by atoms with van der Waals surface area (Å²) in [4.78, 5) is 21.5. The molecule has 0 spiro atoms. The Hall–Kier alpha value is -2.95. The van der Waals surface area contributed by atoms with Gasteiger partial charge in [0.1, 0.15) is 6.10 Å². The second-order valence-electron chi connectivity index (χ2n) is 7.52. The molecule has 144 valence electrons. The lowest BCUT2D eigenvalue weighted by Crippen LogP contribution is -2.39. The number of aryl methyl sites for hydroxylation is 2. The van der Waals surface area contributed by atoms with Crippen LogP contribution in [0, 0.1) is 13.8 Å². The van der Waals surface area contributed by atoms with Gasteiger partial charge in [-0.15, -0.1) is 0 Å². The third-order valence-corrected chi connectivity index (χ3v) is 5.28. The number of hydrogen-bond acceptors (Lipinski definition) is 4. The number of nitrogens with zero attached hydrogens (tertiary/aromatic N) is 2. The maximum Gasteiger partial charge on any atom is 0.317 e. The first kappa shape index (κ1) is 18.4. The first-order valence-corrected chi connectivity index (χ1v) is 9.86. The smallest absolute Gasteiger partial charge is 0.317 e. The van der Waals surface area contributed by atoms with Crippen molar-refractivity contribution in [2.24, 2.45) is 0 Å². The SMILES string of the molecule is Cc1cc(C)nc(OC2CCC(NC(=O)c3cccc4ccccc34)CC2)n1. The van der Waals surface area contributed by atoms with Crippen LogP contribution >= 0.6 is 0 Å². The number of benzene rings is 2. The van der Waals surface area contributed by atoms with Crippen LogP contribution in [0.15, 0.2) is 48.5 Å². The lowest BCUT2D eigenvalue weighted by Gasteiger charge is -2.29. The summed E-state index contributed by atoms with van der Waals surface area (Å²) in [6.07, 6.45) is 3.66. The second kappa shape index (κ2) is 7.97. The molecule has 4 rings (SSSR count). The Morgan fingerprint density at radius 3 is 2.39 bits per heavy atom. The van der Waals surface area contributed by atoms with Crippen LogP contribution in [0.5, 0.6) is 6.01 Å². The van der Waals surface area contributed by atoms with Gasteiger partial charge in [0.05, 0.1) is 0 Å². The first-order chi connectivity index (χ1) is 13.6. The fourth-order valence-corrected chi connectivity index (χ4v) is 3.91. The predicted octanol–water partition coefficient (Wildman–Crippen LogP) is 4.37. The first-order valence-electron chi connectivity index (χ1n) is 9.86. The molecular formula is C23H25N3O2. The van der Waals surface area contributed by atoms with Crippen molar-refractivity contribution in [1.82, 2.24) is 15.3 Å². The van der Waals surface area contributed by atoms with E-state index in [1.807, 2.05) is 62.4 Å². The Morgan fingerprint density at radius 2 is 1.64 bits per heavy atom. The molecule has 1 amide bonds. The van der Waals surface area contributed by atoms with E-state index in [9.17, 15) is 4.79 Å². The van der Waals surface area contributed by atoms with Gasteiger partial charge < -0.3 is 10.1 Å². The average Bonchev–Trinajstić information content (AvgIpc) is 2.68.